The van der Waals surface area contributed by atoms with Crippen LogP contribution in [0.2, 0.25) is 0 Å². The third-order valence-corrected chi connectivity index (χ3v) is 7.87. The number of carbonyl (C=O) groups is 1. The number of hydrogen-bond donors (Lipinski definition) is 1. The van der Waals surface area contributed by atoms with Crippen LogP contribution in [0.3, 0.4) is 0 Å². The van der Waals surface area contributed by atoms with Gasteiger partial charge in [0.1, 0.15) is 6.61 Å². The summed E-state index contributed by atoms with van der Waals surface area (Å²) in [6.07, 6.45) is -12.2. The van der Waals surface area contributed by atoms with Crippen LogP contribution in [0.4, 0.5) is 31.1 Å². The van der Waals surface area contributed by atoms with Crippen molar-refractivity contribution in [3.8, 4) is 0 Å². The van der Waals surface area contributed by atoms with Gasteiger partial charge in [-0.25, -0.2) is 4.79 Å². The number of ether oxygens (including phenoxy) is 1. The summed E-state index contributed by atoms with van der Waals surface area (Å²) in [6, 6.07) is 21.7. The van der Waals surface area contributed by atoms with Crippen molar-refractivity contribution < 1.29 is 41.0 Å². The first-order valence-corrected chi connectivity index (χ1v) is 12.3. The van der Waals surface area contributed by atoms with Gasteiger partial charge in [0.05, 0.1) is 4.75 Å². The maximum Gasteiger partial charge on any atom is 0.430 e. The predicted molar refractivity (Wildman–Crippen MR) is 129 cm³/mol. The van der Waals surface area contributed by atoms with E-state index in [0.717, 1.165) is 22.6 Å². The molecular formula is C27H23F6NO3S. The van der Waals surface area contributed by atoms with Gasteiger partial charge in [-0.2, -0.15) is 26.3 Å². The third kappa shape index (κ3) is 5.49. The molecule has 1 atom stereocenters. The van der Waals surface area contributed by atoms with Gasteiger partial charge in [0.15, 0.2) is 0 Å². The average Bonchev–Trinajstić information content (AvgIpc) is 3.32. The van der Waals surface area contributed by atoms with Crippen molar-refractivity contribution in [2.24, 2.45) is 0 Å². The summed E-state index contributed by atoms with van der Waals surface area (Å²) in [5, 5.41) is 9.75. The van der Waals surface area contributed by atoms with Crippen LogP contribution < -0.4 is 0 Å². The second-order valence-electron chi connectivity index (χ2n) is 8.90. The summed E-state index contributed by atoms with van der Waals surface area (Å²) < 4.78 is 84.7. The number of benzene rings is 3. The van der Waals surface area contributed by atoms with E-state index in [1.165, 1.54) is 16.7 Å². The Kier molecular flexibility index (Phi) is 7.72. The first kappa shape index (κ1) is 27.8. The quantitative estimate of drug-likeness (QED) is 0.332. The first-order valence-electron chi connectivity index (χ1n) is 11.5. The number of rotatable bonds is 6. The van der Waals surface area contributed by atoms with Crippen molar-refractivity contribution in [2.45, 2.75) is 40.6 Å². The molecule has 11 heteroatoms. The lowest BCUT2D eigenvalue weighted by Crippen LogP contribution is -2.53. The lowest BCUT2D eigenvalue weighted by Gasteiger charge is -2.34. The van der Waals surface area contributed by atoms with E-state index >= 15 is 0 Å². The normalized spacial score (nSPS) is 18.4. The Morgan fingerprint density at radius 2 is 1.42 bits per heavy atom. The van der Waals surface area contributed by atoms with E-state index in [1.54, 1.807) is 24.3 Å². The minimum Gasteiger partial charge on any atom is -0.445 e. The molecule has 3 aromatic rings. The zero-order valence-electron chi connectivity index (χ0n) is 19.8. The second kappa shape index (κ2) is 10.5. The Labute approximate surface area is 219 Å². The van der Waals surface area contributed by atoms with Gasteiger partial charge in [0.2, 0.25) is 0 Å². The topological polar surface area (TPSA) is 49.8 Å². The second-order valence-corrected chi connectivity index (χ2v) is 10.4. The van der Waals surface area contributed by atoms with Crippen LogP contribution in [-0.4, -0.2) is 41.5 Å². The molecule has 1 unspecified atom stereocenters. The van der Waals surface area contributed by atoms with E-state index in [9.17, 15) is 36.2 Å². The van der Waals surface area contributed by atoms with E-state index < -0.39 is 34.4 Å². The van der Waals surface area contributed by atoms with E-state index in [1.807, 2.05) is 36.4 Å². The highest BCUT2D eigenvalue weighted by Crippen LogP contribution is 2.52. The molecule has 1 aliphatic rings. The molecule has 4 rings (SSSR count). The predicted octanol–water partition coefficient (Wildman–Crippen LogP) is 7.03. The highest BCUT2D eigenvalue weighted by atomic mass is 32.2. The summed E-state index contributed by atoms with van der Waals surface area (Å²) >= 11 is 1.36. The number of carbonyl (C=O) groups excluding carboxylic acids is 1. The van der Waals surface area contributed by atoms with Crippen LogP contribution >= 0.6 is 11.8 Å². The molecule has 4 nitrogen and oxygen atoms in total. The SMILES string of the molecule is O=C(OCc1ccccc1)N1CCC(Sc2ccccc2)(c2ccc(C(O)(C(F)(F)F)C(F)(F)F)cc2)C1. The minimum atomic E-state index is -5.98. The fraction of sp³-hybridized carbons (Fsp3) is 0.296. The van der Waals surface area contributed by atoms with Crippen LogP contribution in [-0.2, 0) is 21.7 Å². The molecular weight excluding hydrogens is 532 g/mol. The molecule has 3 aromatic carbocycles. The van der Waals surface area contributed by atoms with Crippen molar-refractivity contribution in [1.82, 2.24) is 4.90 Å². The standard InChI is InChI=1S/C27H23F6NO3S/c28-26(29,30)25(36,27(31,32)33)21-13-11-20(12-14-21)24(38-22-9-5-2-6-10-22)15-16-34(18-24)23(35)37-17-19-7-3-1-4-8-19/h1-14,36H,15-18H2. The molecule has 1 aliphatic heterocycles. The van der Waals surface area contributed by atoms with Gasteiger partial charge in [-0.3, -0.25) is 0 Å². The summed E-state index contributed by atoms with van der Waals surface area (Å²) in [4.78, 5) is 15.1. The van der Waals surface area contributed by atoms with Crippen molar-refractivity contribution in [1.29, 1.82) is 0 Å². The van der Waals surface area contributed by atoms with Crippen LogP contribution in [0.5, 0.6) is 0 Å². The van der Waals surface area contributed by atoms with Gasteiger partial charge in [-0.05, 0) is 29.7 Å². The molecule has 0 spiro atoms. The minimum absolute atomic E-state index is 0.0527. The number of halogens is 6. The first-order chi connectivity index (χ1) is 17.9. The highest BCUT2D eigenvalue weighted by molar-refractivity contribution is 8.00. The van der Waals surface area contributed by atoms with Crippen molar-refractivity contribution in [3.05, 3.63) is 102 Å². The highest BCUT2D eigenvalue weighted by Gasteiger charge is 2.71. The lowest BCUT2D eigenvalue weighted by molar-refractivity contribution is -0.376. The molecule has 1 heterocycles. The number of alkyl halides is 6. The third-order valence-electron chi connectivity index (χ3n) is 6.40. The molecule has 0 radical (unpaired) electrons. The molecule has 38 heavy (non-hydrogen) atoms. The monoisotopic (exact) mass is 555 g/mol. The zero-order chi connectivity index (χ0) is 27.6. The van der Waals surface area contributed by atoms with Crippen molar-refractivity contribution >= 4 is 17.9 Å². The molecule has 0 aliphatic carbocycles. The number of hydrogen-bond acceptors (Lipinski definition) is 4. The Morgan fingerprint density at radius 1 is 0.868 bits per heavy atom. The summed E-state index contributed by atoms with van der Waals surface area (Å²) in [5.74, 6) is 0. The van der Waals surface area contributed by atoms with Crippen LogP contribution in [0, 0.1) is 0 Å². The Morgan fingerprint density at radius 3 is 1.97 bits per heavy atom. The smallest absolute Gasteiger partial charge is 0.430 e. The average molecular weight is 556 g/mol. The van der Waals surface area contributed by atoms with Crippen molar-refractivity contribution in [3.63, 3.8) is 0 Å². The number of amides is 1. The molecule has 202 valence electrons. The van der Waals surface area contributed by atoms with Crippen molar-refractivity contribution in [2.75, 3.05) is 13.1 Å². The number of likely N-dealkylation sites (tertiary alicyclic amines) is 1. The zero-order valence-corrected chi connectivity index (χ0v) is 20.6. The maximum absolute atomic E-state index is 13.4. The summed E-state index contributed by atoms with van der Waals surface area (Å²) in [5.41, 5.74) is -5.14. The number of thioether (sulfide) groups is 1. The Balaban J connectivity index is 1.62. The molecule has 1 amide bonds. The van der Waals surface area contributed by atoms with Gasteiger partial charge in [-0.15, -0.1) is 11.8 Å². The van der Waals surface area contributed by atoms with E-state index in [4.69, 9.17) is 4.74 Å². The number of nitrogens with zero attached hydrogens (tertiary/aromatic N) is 1. The lowest BCUT2D eigenvalue weighted by atomic mass is 9.89. The Bertz CT molecular complexity index is 1220. The summed E-state index contributed by atoms with van der Waals surface area (Å²) in [6.45, 7) is 0.434. The van der Waals surface area contributed by atoms with Gasteiger partial charge >= 0.3 is 18.4 Å². The van der Waals surface area contributed by atoms with E-state index in [-0.39, 0.29) is 19.7 Å². The fourth-order valence-electron chi connectivity index (χ4n) is 4.34. The Hall–Kier alpha value is -3.18. The van der Waals surface area contributed by atoms with Gasteiger partial charge in [-0.1, -0.05) is 72.8 Å². The summed E-state index contributed by atoms with van der Waals surface area (Å²) in [7, 11) is 0. The maximum atomic E-state index is 13.4. The van der Waals surface area contributed by atoms with E-state index in [0.29, 0.717) is 24.1 Å². The molecule has 1 saturated heterocycles. The van der Waals surface area contributed by atoms with Crippen LogP contribution in [0.1, 0.15) is 23.1 Å². The largest absolute Gasteiger partial charge is 0.445 e. The van der Waals surface area contributed by atoms with Crippen LogP contribution in [0.15, 0.2) is 89.8 Å². The molecule has 0 bridgehead atoms. The molecule has 1 fully saturated rings. The molecule has 0 aromatic heterocycles. The van der Waals surface area contributed by atoms with Gasteiger partial charge in [0, 0.05) is 23.5 Å². The fourth-order valence-corrected chi connectivity index (χ4v) is 5.76. The molecule has 0 saturated carbocycles. The van der Waals surface area contributed by atoms with Crippen LogP contribution in [0.25, 0.3) is 0 Å². The molecule has 1 N–H and O–H groups in total. The van der Waals surface area contributed by atoms with Gasteiger partial charge in [0.25, 0.3) is 5.60 Å². The van der Waals surface area contributed by atoms with E-state index in [2.05, 4.69) is 0 Å². The van der Waals surface area contributed by atoms with Gasteiger partial charge < -0.3 is 14.7 Å². The number of aliphatic hydroxyl groups is 1.